The summed E-state index contributed by atoms with van der Waals surface area (Å²) in [6.45, 7) is 0.588. The van der Waals surface area contributed by atoms with E-state index in [0.29, 0.717) is 17.5 Å². The smallest absolute Gasteiger partial charge is 0.335 e. The van der Waals surface area contributed by atoms with Gasteiger partial charge in [-0.25, -0.2) is 9.78 Å². The number of aromatic nitrogens is 1. The summed E-state index contributed by atoms with van der Waals surface area (Å²) in [7, 11) is 1.94. The highest BCUT2D eigenvalue weighted by Crippen LogP contribution is 2.36. The third-order valence-electron chi connectivity index (χ3n) is 4.16. The molecule has 1 aromatic heterocycles. The minimum atomic E-state index is -0.959. The van der Waals surface area contributed by atoms with E-state index in [1.807, 2.05) is 13.1 Å². The van der Waals surface area contributed by atoms with Gasteiger partial charge in [-0.3, -0.25) is 0 Å². The van der Waals surface area contributed by atoms with Crippen LogP contribution in [0.1, 0.15) is 23.2 Å². The molecule has 120 valence electrons. The van der Waals surface area contributed by atoms with Crippen LogP contribution in [0.15, 0.2) is 36.5 Å². The fourth-order valence-corrected chi connectivity index (χ4v) is 2.55. The molecule has 0 saturated heterocycles. The molecule has 0 aliphatic heterocycles. The molecule has 0 spiro atoms. The van der Waals surface area contributed by atoms with Gasteiger partial charge in [-0.2, -0.15) is 0 Å². The molecule has 3 rings (SSSR count). The molecule has 2 N–H and O–H groups in total. The maximum Gasteiger partial charge on any atom is 0.335 e. The van der Waals surface area contributed by atoms with Crippen LogP contribution in [0.4, 0.5) is 0 Å². The first-order valence-corrected chi connectivity index (χ1v) is 7.72. The predicted octanol–water partition coefficient (Wildman–Crippen LogP) is 3.23. The predicted molar refractivity (Wildman–Crippen MR) is 88.2 cm³/mol. The van der Waals surface area contributed by atoms with E-state index in [1.165, 1.54) is 0 Å². The standard InChI is InChI=1S/C17H17ClN2O3/c1-19-17(6-7-17)10-23-13-8-14(15(18)20-9-13)11-2-4-12(5-3-11)16(21)22/h2-5,8-9,19H,6-7,10H2,1H3,(H,21,22). The highest BCUT2D eigenvalue weighted by atomic mass is 35.5. The molecule has 1 aliphatic rings. The van der Waals surface area contributed by atoms with Gasteiger partial charge in [0.15, 0.2) is 0 Å². The van der Waals surface area contributed by atoms with Crippen molar-refractivity contribution in [1.29, 1.82) is 0 Å². The van der Waals surface area contributed by atoms with E-state index in [4.69, 9.17) is 21.4 Å². The highest BCUT2D eigenvalue weighted by molar-refractivity contribution is 6.32. The lowest BCUT2D eigenvalue weighted by Gasteiger charge is -2.15. The van der Waals surface area contributed by atoms with Crippen LogP contribution >= 0.6 is 11.6 Å². The molecule has 1 heterocycles. The van der Waals surface area contributed by atoms with Crippen molar-refractivity contribution in [3.8, 4) is 16.9 Å². The van der Waals surface area contributed by atoms with Gasteiger partial charge in [0.05, 0.1) is 17.3 Å². The van der Waals surface area contributed by atoms with Crippen molar-refractivity contribution in [1.82, 2.24) is 10.3 Å². The molecule has 0 radical (unpaired) electrons. The number of carbonyl (C=O) groups is 1. The second-order valence-electron chi connectivity index (χ2n) is 5.71. The molecule has 1 aliphatic carbocycles. The zero-order chi connectivity index (χ0) is 16.4. The molecular formula is C17H17ClN2O3. The normalized spacial score (nSPS) is 15.2. The van der Waals surface area contributed by atoms with Crippen molar-refractivity contribution in [2.45, 2.75) is 18.4 Å². The lowest BCUT2D eigenvalue weighted by molar-refractivity contribution is 0.0697. The van der Waals surface area contributed by atoms with E-state index >= 15 is 0 Å². The Morgan fingerprint density at radius 1 is 1.39 bits per heavy atom. The largest absolute Gasteiger partial charge is 0.490 e. The second-order valence-corrected chi connectivity index (χ2v) is 6.07. The fourth-order valence-electron chi connectivity index (χ4n) is 2.34. The summed E-state index contributed by atoms with van der Waals surface area (Å²) in [4.78, 5) is 15.1. The number of likely N-dealkylation sites (N-methyl/N-ethyl adjacent to an activating group) is 1. The molecule has 0 unspecified atom stereocenters. The van der Waals surface area contributed by atoms with Crippen LogP contribution in [-0.4, -0.2) is 35.3 Å². The number of carboxylic acid groups (broad SMARTS) is 1. The quantitative estimate of drug-likeness (QED) is 0.795. The number of carboxylic acids is 1. The Hall–Kier alpha value is -2.11. The minimum absolute atomic E-state index is 0.0862. The third kappa shape index (κ3) is 3.46. The van der Waals surface area contributed by atoms with Gasteiger partial charge in [-0.15, -0.1) is 0 Å². The summed E-state index contributed by atoms with van der Waals surface area (Å²) < 4.78 is 5.83. The third-order valence-corrected chi connectivity index (χ3v) is 4.46. The van der Waals surface area contributed by atoms with Crippen LogP contribution in [0.3, 0.4) is 0 Å². The van der Waals surface area contributed by atoms with Gasteiger partial charge in [0.2, 0.25) is 0 Å². The molecule has 2 aromatic rings. The lowest BCUT2D eigenvalue weighted by atomic mass is 10.1. The minimum Gasteiger partial charge on any atom is -0.490 e. The summed E-state index contributed by atoms with van der Waals surface area (Å²) in [6.07, 6.45) is 3.81. The average Bonchev–Trinajstić information content (AvgIpc) is 3.35. The molecule has 0 amide bonds. The lowest BCUT2D eigenvalue weighted by Crippen LogP contribution is -2.33. The van der Waals surface area contributed by atoms with Crippen molar-refractivity contribution >= 4 is 17.6 Å². The number of hydrogen-bond acceptors (Lipinski definition) is 4. The first-order valence-electron chi connectivity index (χ1n) is 7.34. The molecule has 0 atom stereocenters. The summed E-state index contributed by atoms with van der Waals surface area (Å²) >= 11 is 6.17. The number of nitrogens with one attached hydrogen (secondary N) is 1. The summed E-state index contributed by atoms with van der Waals surface area (Å²) in [5.74, 6) is -0.312. The van der Waals surface area contributed by atoms with Crippen molar-refractivity contribution in [2.24, 2.45) is 0 Å². The van der Waals surface area contributed by atoms with Crippen LogP contribution in [0.5, 0.6) is 5.75 Å². The molecule has 6 heteroatoms. The summed E-state index contributed by atoms with van der Waals surface area (Å²) in [5.41, 5.74) is 1.83. The average molecular weight is 333 g/mol. The number of rotatable bonds is 6. The van der Waals surface area contributed by atoms with Crippen LogP contribution < -0.4 is 10.1 Å². The van der Waals surface area contributed by atoms with E-state index < -0.39 is 5.97 Å². The van der Waals surface area contributed by atoms with Gasteiger partial charge >= 0.3 is 5.97 Å². The first kappa shape index (κ1) is 15.8. The number of nitrogens with zero attached hydrogens (tertiary/aromatic N) is 1. The topological polar surface area (TPSA) is 71.5 Å². The zero-order valence-electron chi connectivity index (χ0n) is 12.7. The fraction of sp³-hybridized carbons (Fsp3) is 0.294. The number of hydrogen-bond donors (Lipinski definition) is 2. The summed E-state index contributed by atoms with van der Waals surface area (Å²) in [6, 6.07) is 8.35. The Kier molecular flexibility index (Phi) is 4.24. The van der Waals surface area contributed by atoms with Gasteiger partial charge in [0.25, 0.3) is 0 Å². The number of benzene rings is 1. The van der Waals surface area contributed by atoms with E-state index in [0.717, 1.165) is 24.0 Å². The number of aromatic carboxylic acids is 1. The van der Waals surface area contributed by atoms with Crippen molar-refractivity contribution in [2.75, 3.05) is 13.7 Å². The Balaban J connectivity index is 1.81. The Morgan fingerprint density at radius 2 is 2.09 bits per heavy atom. The Bertz CT molecular complexity index is 727. The number of halogens is 1. The molecule has 1 aromatic carbocycles. The zero-order valence-corrected chi connectivity index (χ0v) is 13.4. The van der Waals surface area contributed by atoms with Gasteiger partial charge in [-0.05, 0) is 43.7 Å². The van der Waals surface area contributed by atoms with Gasteiger partial charge < -0.3 is 15.2 Å². The van der Waals surface area contributed by atoms with Crippen molar-refractivity contribution in [3.05, 3.63) is 47.2 Å². The van der Waals surface area contributed by atoms with E-state index in [2.05, 4.69) is 10.3 Å². The Morgan fingerprint density at radius 3 is 2.65 bits per heavy atom. The Labute approximate surface area is 139 Å². The van der Waals surface area contributed by atoms with Gasteiger partial charge in [0.1, 0.15) is 17.5 Å². The summed E-state index contributed by atoms with van der Waals surface area (Å²) in [5, 5.41) is 12.6. The maximum absolute atomic E-state index is 10.9. The number of pyridine rings is 1. The van der Waals surface area contributed by atoms with Crippen molar-refractivity contribution in [3.63, 3.8) is 0 Å². The molecule has 0 bridgehead atoms. The van der Waals surface area contributed by atoms with Gasteiger partial charge in [-0.1, -0.05) is 23.7 Å². The van der Waals surface area contributed by atoms with E-state index in [1.54, 1.807) is 30.5 Å². The highest BCUT2D eigenvalue weighted by Gasteiger charge is 2.41. The second kappa shape index (κ2) is 6.18. The first-order chi connectivity index (χ1) is 11.0. The monoisotopic (exact) mass is 332 g/mol. The molecule has 23 heavy (non-hydrogen) atoms. The van der Waals surface area contributed by atoms with Crippen LogP contribution in [-0.2, 0) is 0 Å². The van der Waals surface area contributed by atoms with Crippen LogP contribution in [0.2, 0.25) is 5.15 Å². The molecule has 1 fully saturated rings. The van der Waals surface area contributed by atoms with E-state index in [-0.39, 0.29) is 11.1 Å². The molecule has 5 nitrogen and oxygen atoms in total. The number of ether oxygens (including phenoxy) is 1. The van der Waals surface area contributed by atoms with Crippen LogP contribution in [0.25, 0.3) is 11.1 Å². The SMILES string of the molecule is CNC1(COc2cnc(Cl)c(-c3ccc(C(=O)O)cc3)c2)CC1. The van der Waals surface area contributed by atoms with Gasteiger partial charge in [0, 0.05) is 5.56 Å². The molecular weight excluding hydrogens is 316 g/mol. The van der Waals surface area contributed by atoms with E-state index in [9.17, 15) is 4.79 Å². The van der Waals surface area contributed by atoms with Crippen LogP contribution in [0, 0.1) is 0 Å². The maximum atomic E-state index is 10.9. The molecule has 1 saturated carbocycles. The van der Waals surface area contributed by atoms with Crippen molar-refractivity contribution < 1.29 is 14.6 Å².